The van der Waals surface area contributed by atoms with E-state index in [9.17, 15) is 4.79 Å². The third kappa shape index (κ3) is 15.8. The van der Waals surface area contributed by atoms with Gasteiger partial charge < -0.3 is 5.32 Å². The Labute approximate surface area is 61.9 Å². The Bertz CT molecular complexity index is 119. The Morgan fingerprint density at radius 2 is 2.10 bits per heavy atom. The van der Waals surface area contributed by atoms with Crippen molar-refractivity contribution >= 4 is 12.7 Å². The molecule has 10 heavy (non-hydrogen) atoms. The number of aliphatic imine (C=N–C) groups is 1. The number of rotatable bonds is 3. The molecule has 1 N–H and O–H groups in total. The van der Waals surface area contributed by atoms with Crippen LogP contribution < -0.4 is 5.32 Å². The van der Waals surface area contributed by atoms with E-state index in [-0.39, 0.29) is 0 Å². The van der Waals surface area contributed by atoms with Crippen molar-refractivity contribution in [2.75, 3.05) is 0 Å². The first-order valence-electron chi connectivity index (χ1n) is 3.15. The molecule has 0 spiro atoms. The lowest BCUT2D eigenvalue weighted by Crippen LogP contribution is -2.05. The van der Waals surface area contributed by atoms with Gasteiger partial charge >= 0.3 is 0 Å². The van der Waals surface area contributed by atoms with Gasteiger partial charge in [-0.1, -0.05) is 20.4 Å². The molecule has 0 saturated carbocycles. The third-order valence-corrected chi connectivity index (χ3v) is 0.428. The van der Waals surface area contributed by atoms with Crippen molar-refractivity contribution in [3.8, 4) is 0 Å². The van der Waals surface area contributed by atoms with Crippen LogP contribution in [0.4, 0.5) is 0 Å². The first-order valence-corrected chi connectivity index (χ1v) is 3.15. The molecule has 0 aromatic rings. The number of carbonyl (C=O) groups is 1. The molecular weight excluding hydrogens is 128 g/mol. The molecule has 1 amide bonds. The minimum absolute atomic E-state index is 0.548. The molecular formula is C7H14N2O. The van der Waals surface area contributed by atoms with Crippen LogP contribution in [-0.2, 0) is 4.79 Å². The van der Waals surface area contributed by atoms with Crippen LogP contribution in [0.25, 0.3) is 0 Å². The molecule has 58 valence electrons. The van der Waals surface area contributed by atoms with E-state index in [1.165, 1.54) is 6.34 Å². The number of allylic oxidation sites excluding steroid dienone is 1. The maximum absolute atomic E-state index is 9.55. The second-order valence-corrected chi connectivity index (χ2v) is 1.28. The van der Waals surface area contributed by atoms with Crippen LogP contribution in [0.3, 0.4) is 0 Å². The zero-order valence-electron chi connectivity index (χ0n) is 6.72. The molecule has 0 saturated heterocycles. The average Bonchev–Trinajstić information content (AvgIpc) is 1.92. The highest BCUT2D eigenvalue weighted by Gasteiger charge is 1.69. The summed E-state index contributed by atoms with van der Waals surface area (Å²) in [6.45, 7) is 9.21. The normalized spacial score (nSPS) is 7.90. The highest BCUT2D eigenvalue weighted by molar-refractivity contribution is 5.72. The van der Waals surface area contributed by atoms with Crippen molar-refractivity contribution in [2.24, 2.45) is 4.99 Å². The minimum Gasteiger partial charge on any atom is -0.319 e. The number of hydrogen-bond acceptors (Lipinski definition) is 2. The van der Waals surface area contributed by atoms with E-state index in [0.29, 0.717) is 12.1 Å². The second kappa shape index (κ2) is 10.8. The fourth-order valence-electron chi connectivity index (χ4n) is 0.178. The van der Waals surface area contributed by atoms with E-state index in [1.54, 1.807) is 6.92 Å². The molecule has 0 heterocycles. The van der Waals surface area contributed by atoms with Crippen LogP contribution in [-0.4, -0.2) is 12.7 Å². The lowest BCUT2D eigenvalue weighted by atomic mass is 10.6. The third-order valence-electron chi connectivity index (χ3n) is 0.428. The summed E-state index contributed by atoms with van der Waals surface area (Å²) in [6.07, 6.45) is 1.84. The summed E-state index contributed by atoms with van der Waals surface area (Å²) < 4.78 is 0. The van der Waals surface area contributed by atoms with Crippen LogP contribution >= 0.6 is 0 Å². The fourth-order valence-corrected chi connectivity index (χ4v) is 0.178. The topological polar surface area (TPSA) is 41.5 Å². The van der Waals surface area contributed by atoms with Gasteiger partial charge in [-0.05, 0) is 6.92 Å². The van der Waals surface area contributed by atoms with Gasteiger partial charge in [0.05, 0.1) is 6.34 Å². The van der Waals surface area contributed by atoms with Crippen LogP contribution in [0, 0.1) is 0 Å². The van der Waals surface area contributed by atoms with Gasteiger partial charge in [0, 0.05) is 5.70 Å². The van der Waals surface area contributed by atoms with Crippen molar-refractivity contribution in [3.05, 3.63) is 12.3 Å². The lowest BCUT2D eigenvalue weighted by Gasteiger charge is -1.82. The molecule has 0 aromatic carbocycles. The maximum Gasteiger partial charge on any atom is 0.212 e. The Morgan fingerprint density at radius 3 is 2.40 bits per heavy atom. The molecule has 0 atom stereocenters. The quantitative estimate of drug-likeness (QED) is 0.360. The standard InChI is InChI=1S/C5H8N2O.C2H6/c1-5(2)7-3-6-4-8;1-2/h3-4H,1H2,2H3,(H,6,7,8);1-2H3. The number of amides is 1. The molecule has 0 aliphatic rings. The summed E-state index contributed by atoms with van der Waals surface area (Å²) in [5, 5.41) is 2.25. The number of nitrogens with one attached hydrogen (secondary N) is 1. The van der Waals surface area contributed by atoms with E-state index in [2.05, 4.69) is 16.9 Å². The fraction of sp³-hybridized carbons (Fsp3) is 0.429. The number of nitrogens with zero attached hydrogens (tertiary/aromatic N) is 1. The SMILES string of the molecule is C=C(C)N=CNC=O.CC. The number of carbonyl (C=O) groups excluding carboxylic acids is 1. The van der Waals surface area contributed by atoms with Crippen molar-refractivity contribution < 1.29 is 4.79 Å². The van der Waals surface area contributed by atoms with Gasteiger partial charge in [-0.3, -0.25) is 4.79 Å². The van der Waals surface area contributed by atoms with Gasteiger partial charge in [-0.25, -0.2) is 4.99 Å². The van der Waals surface area contributed by atoms with Gasteiger partial charge in [0.25, 0.3) is 0 Å². The van der Waals surface area contributed by atoms with E-state index in [0.717, 1.165) is 0 Å². The summed E-state index contributed by atoms with van der Waals surface area (Å²) in [7, 11) is 0. The minimum atomic E-state index is 0.548. The van der Waals surface area contributed by atoms with Gasteiger partial charge in [0.1, 0.15) is 0 Å². The summed E-state index contributed by atoms with van der Waals surface area (Å²) >= 11 is 0. The molecule has 0 aromatic heterocycles. The van der Waals surface area contributed by atoms with E-state index >= 15 is 0 Å². The monoisotopic (exact) mass is 142 g/mol. The molecule has 0 rings (SSSR count). The number of hydrogen-bond donors (Lipinski definition) is 1. The highest BCUT2D eigenvalue weighted by atomic mass is 16.1. The molecule has 0 fully saturated rings. The van der Waals surface area contributed by atoms with Crippen LogP contribution in [0.5, 0.6) is 0 Å². The van der Waals surface area contributed by atoms with Crippen molar-refractivity contribution in [3.63, 3.8) is 0 Å². The zero-order chi connectivity index (χ0) is 8.41. The predicted octanol–water partition coefficient (Wildman–Crippen LogP) is 1.32. The van der Waals surface area contributed by atoms with Crippen LogP contribution in [0.15, 0.2) is 17.3 Å². The first kappa shape index (κ1) is 11.6. The van der Waals surface area contributed by atoms with Gasteiger partial charge in [0.2, 0.25) is 6.41 Å². The van der Waals surface area contributed by atoms with Crippen molar-refractivity contribution in [2.45, 2.75) is 20.8 Å². The van der Waals surface area contributed by atoms with Crippen molar-refractivity contribution in [1.82, 2.24) is 5.32 Å². The molecule has 3 nitrogen and oxygen atoms in total. The highest BCUT2D eigenvalue weighted by Crippen LogP contribution is 1.82. The first-order chi connectivity index (χ1) is 4.77. The Morgan fingerprint density at radius 1 is 1.60 bits per heavy atom. The van der Waals surface area contributed by atoms with E-state index in [4.69, 9.17) is 0 Å². The second-order valence-electron chi connectivity index (χ2n) is 1.28. The lowest BCUT2D eigenvalue weighted by molar-refractivity contribution is -0.108. The maximum atomic E-state index is 9.55. The summed E-state index contributed by atoms with van der Waals surface area (Å²) in [5.41, 5.74) is 0.666. The van der Waals surface area contributed by atoms with E-state index < -0.39 is 0 Å². The largest absolute Gasteiger partial charge is 0.319 e. The van der Waals surface area contributed by atoms with Gasteiger partial charge in [0.15, 0.2) is 0 Å². The van der Waals surface area contributed by atoms with Gasteiger partial charge in [-0.15, -0.1) is 0 Å². The molecule has 0 aliphatic heterocycles. The Kier molecular flexibility index (Phi) is 12.6. The smallest absolute Gasteiger partial charge is 0.212 e. The molecule has 0 bridgehead atoms. The summed E-state index contributed by atoms with van der Waals surface area (Å²) in [6, 6.07) is 0. The van der Waals surface area contributed by atoms with E-state index in [1.807, 2.05) is 13.8 Å². The Hall–Kier alpha value is -1.12. The predicted molar refractivity (Wildman–Crippen MR) is 43.9 cm³/mol. The summed E-state index contributed by atoms with van der Waals surface area (Å²) in [4.78, 5) is 13.2. The molecule has 0 aliphatic carbocycles. The van der Waals surface area contributed by atoms with Crippen LogP contribution in [0.2, 0.25) is 0 Å². The van der Waals surface area contributed by atoms with Crippen LogP contribution in [0.1, 0.15) is 20.8 Å². The zero-order valence-corrected chi connectivity index (χ0v) is 6.72. The van der Waals surface area contributed by atoms with Crippen molar-refractivity contribution in [1.29, 1.82) is 0 Å². The molecule has 3 heteroatoms. The molecule has 0 radical (unpaired) electrons. The molecule has 0 unspecified atom stereocenters. The Balaban J connectivity index is 0. The summed E-state index contributed by atoms with van der Waals surface area (Å²) in [5.74, 6) is 0. The van der Waals surface area contributed by atoms with Gasteiger partial charge in [-0.2, -0.15) is 0 Å². The average molecular weight is 142 g/mol.